The second kappa shape index (κ2) is 12.0. The summed E-state index contributed by atoms with van der Waals surface area (Å²) in [6.45, 7) is 14.3. The molecule has 2 atom stereocenters. The maximum Gasteiger partial charge on any atom is 0.246 e. The Labute approximate surface area is 132 Å². The van der Waals surface area contributed by atoms with Gasteiger partial charge in [0.1, 0.15) is 6.61 Å². The fraction of sp³-hybridized carbons (Fsp3) is 0.944. The number of hydrogen-bond acceptors (Lipinski definition) is 2. The van der Waals surface area contributed by atoms with Crippen molar-refractivity contribution < 1.29 is 9.53 Å². The molecule has 0 heterocycles. The zero-order valence-electron chi connectivity index (χ0n) is 15.1. The van der Waals surface area contributed by atoms with Gasteiger partial charge >= 0.3 is 0 Å². The van der Waals surface area contributed by atoms with Crippen molar-refractivity contribution in [1.29, 1.82) is 0 Å². The van der Waals surface area contributed by atoms with Gasteiger partial charge in [-0.25, -0.2) is 0 Å². The van der Waals surface area contributed by atoms with Crippen molar-refractivity contribution in [2.75, 3.05) is 13.2 Å². The molecule has 1 N–H and O–H groups in total. The van der Waals surface area contributed by atoms with Crippen LogP contribution in [0.5, 0.6) is 0 Å². The fourth-order valence-corrected chi connectivity index (χ4v) is 2.76. The smallest absolute Gasteiger partial charge is 0.246 e. The number of hydrogen-bond donors (Lipinski definition) is 1. The van der Waals surface area contributed by atoms with Crippen molar-refractivity contribution in [3.63, 3.8) is 0 Å². The number of ether oxygens (including phenoxy) is 1. The summed E-state index contributed by atoms with van der Waals surface area (Å²) in [7, 11) is 0. The first-order valence-corrected chi connectivity index (χ1v) is 8.73. The molecule has 0 saturated heterocycles. The molecular weight excluding hydrogens is 262 g/mol. The average Bonchev–Trinajstić information content (AvgIpc) is 2.34. The van der Waals surface area contributed by atoms with Crippen LogP contribution in [0, 0.1) is 17.8 Å². The fourth-order valence-electron chi connectivity index (χ4n) is 2.76. The van der Waals surface area contributed by atoms with Crippen molar-refractivity contribution in [1.82, 2.24) is 5.32 Å². The lowest BCUT2D eigenvalue weighted by molar-refractivity contribution is -0.128. The van der Waals surface area contributed by atoms with E-state index in [4.69, 9.17) is 4.74 Å². The molecule has 2 unspecified atom stereocenters. The van der Waals surface area contributed by atoms with Crippen LogP contribution in [0.15, 0.2) is 0 Å². The van der Waals surface area contributed by atoms with Gasteiger partial charge in [-0.3, -0.25) is 4.79 Å². The summed E-state index contributed by atoms with van der Waals surface area (Å²) < 4.78 is 5.89. The number of unbranched alkanes of at least 4 members (excludes halogenated alkanes) is 1. The van der Waals surface area contributed by atoms with Crippen molar-refractivity contribution in [2.24, 2.45) is 17.8 Å². The van der Waals surface area contributed by atoms with Crippen LogP contribution in [0.3, 0.4) is 0 Å². The number of carbonyl (C=O) groups excluding carboxylic acids is 1. The highest BCUT2D eigenvalue weighted by molar-refractivity contribution is 5.77. The molecule has 0 bridgehead atoms. The number of amides is 1. The monoisotopic (exact) mass is 299 g/mol. The van der Waals surface area contributed by atoms with Gasteiger partial charge in [0.25, 0.3) is 0 Å². The van der Waals surface area contributed by atoms with Crippen LogP contribution in [0.4, 0.5) is 0 Å². The second-order valence-electron chi connectivity index (χ2n) is 7.24. The van der Waals surface area contributed by atoms with Gasteiger partial charge in [0.15, 0.2) is 0 Å². The van der Waals surface area contributed by atoms with Crippen LogP contribution in [0.2, 0.25) is 0 Å². The number of rotatable bonds is 12. The third-order valence-corrected chi connectivity index (χ3v) is 3.58. The molecule has 21 heavy (non-hydrogen) atoms. The van der Waals surface area contributed by atoms with E-state index < -0.39 is 0 Å². The van der Waals surface area contributed by atoms with E-state index in [2.05, 4.69) is 46.9 Å². The Bertz CT molecular complexity index is 264. The van der Waals surface area contributed by atoms with Crippen LogP contribution >= 0.6 is 0 Å². The minimum Gasteiger partial charge on any atom is -0.368 e. The first-order valence-electron chi connectivity index (χ1n) is 8.73. The van der Waals surface area contributed by atoms with E-state index in [1.54, 1.807) is 0 Å². The molecule has 0 aromatic rings. The van der Waals surface area contributed by atoms with Crippen molar-refractivity contribution in [2.45, 2.75) is 79.8 Å². The lowest BCUT2D eigenvalue weighted by atomic mass is 9.91. The maximum atomic E-state index is 11.7. The molecule has 1 amide bonds. The van der Waals surface area contributed by atoms with Gasteiger partial charge < -0.3 is 10.1 Å². The Kier molecular flexibility index (Phi) is 11.7. The van der Waals surface area contributed by atoms with E-state index in [0.29, 0.717) is 11.8 Å². The average molecular weight is 299 g/mol. The third-order valence-electron chi connectivity index (χ3n) is 3.58. The maximum absolute atomic E-state index is 11.7. The highest BCUT2D eigenvalue weighted by Gasteiger charge is 2.17. The molecule has 0 aliphatic rings. The molecule has 0 radical (unpaired) electrons. The van der Waals surface area contributed by atoms with Crippen molar-refractivity contribution in [3.8, 4) is 0 Å². The predicted molar refractivity (Wildman–Crippen MR) is 90.3 cm³/mol. The zero-order valence-corrected chi connectivity index (χ0v) is 15.1. The molecule has 126 valence electrons. The molecule has 0 aliphatic carbocycles. The van der Waals surface area contributed by atoms with Gasteiger partial charge in [0, 0.05) is 6.54 Å². The summed E-state index contributed by atoms with van der Waals surface area (Å²) in [6.07, 6.45) is 5.65. The SMILES string of the molecule is CCCCNC(=O)COC(CC(C)C)CC(C)CC(C)C. The molecule has 0 saturated carbocycles. The molecule has 0 aromatic carbocycles. The van der Waals surface area contributed by atoms with Crippen molar-refractivity contribution >= 4 is 5.91 Å². The van der Waals surface area contributed by atoms with Gasteiger partial charge in [-0.2, -0.15) is 0 Å². The number of carbonyl (C=O) groups is 1. The van der Waals surface area contributed by atoms with Gasteiger partial charge in [0.2, 0.25) is 5.91 Å². The Morgan fingerprint density at radius 1 is 1.00 bits per heavy atom. The lowest BCUT2D eigenvalue weighted by Crippen LogP contribution is -2.31. The molecule has 3 heteroatoms. The molecular formula is C18H37NO2. The Balaban J connectivity index is 4.14. The number of nitrogens with one attached hydrogen (secondary N) is 1. The zero-order chi connectivity index (χ0) is 16.3. The Morgan fingerprint density at radius 2 is 1.62 bits per heavy atom. The molecule has 0 rings (SSSR count). The van der Waals surface area contributed by atoms with Crippen molar-refractivity contribution in [3.05, 3.63) is 0 Å². The summed E-state index contributed by atoms with van der Waals surface area (Å²) in [4.78, 5) is 11.7. The van der Waals surface area contributed by atoms with E-state index in [0.717, 1.165) is 38.1 Å². The van der Waals surface area contributed by atoms with Crippen LogP contribution in [0.25, 0.3) is 0 Å². The first-order chi connectivity index (χ1) is 9.85. The second-order valence-corrected chi connectivity index (χ2v) is 7.24. The summed E-state index contributed by atoms with van der Waals surface area (Å²) in [5.41, 5.74) is 0. The predicted octanol–water partition coefficient (Wildman–Crippen LogP) is 4.41. The largest absolute Gasteiger partial charge is 0.368 e. The van der Waals surface area contributed by atoms with E-state index in [9.17, 15) is 4.79 Å². The van der Waals surface area contributed by atoms with E-state index in [1.165, 1.54) is 6.42 Å². The van der Waals surface area contributed by atoms with Crippen LogP contribution in [0.1, 0.15) is 73.6 Å². The summed E-state index contributed by atoms with van der Waals surface area (Å²) in [5.74, 6) is 1.99. The molecule has 0 spiro atoms. The minimum atomic E-state index is 0.0220. The van der Waals surface area contributed by atoms with Gasteiger partial charge in [-0.1, -0.05) is 48.0 Å². The van der Waals surface area contributed by atoms with Gasteiger partial charge in [-0.15, -0.1) is 0 Å². The molecule has 0 fully saturated rings. The molecule has 0 aliphatic heterocycles. The third kappa shape index (κ3) is 12.9. The van der Waals surface area contributed by atoms with E-state index in [-0.39, 0.29) is 18.6 Å². The first kappa shape index (κ1) is 20.4. The normalized spacial score (nSPS) is 14.5. The topological polar surface area (TPSA) is 38.3 Å². The van der Waals surface area contributed by atoms with Crippen LogP contribution in [-0.4, -0.2) is 25.2 Å². The summed E-state index contributed by atoms with van der Waals surface area (Å²) in [5, 5.41) is 2.91. The van der Waals surface area contributed by atoms with E-state index in [1.807, 2.05) is 0 Å². The summed E-state index contributed by atoms with van der Waals surface area (Å²) >= 11 is 0. The molecule has 3 nitrogen and oxygen atoms in total. The highest BCUT2D eigenvalue weighted by atomic mass is 16.5. The van der Waals surface area contributed by atoms with Gasteiger partial charge in [0.05, 0.1) is 6.10 Å². The Morgan fingerprint density at radius 3 is 2.14 bits per heavy atom. The van der Waals surface area contributed by atoms with Crippen LogP contribution < -0.4 is 5.32 Å². The Hall–Kier alpha value is -0.570. The minimum absolute atomic E-state index is 0.0220. The summed E-state index contributed by atoms with van der Waals surface area (Å²) in [6, 6.07) is 0. The van der Waals surface area contributed by atoms with E-state index >= 15 is 0 Å². The standard InChI is InChI=1S/C18H37NO2/c1-7-8-9-19-18(20)13-21-17(11-15(4)5)12-16(6)10-14(2)3/h14-17H,7-13H2,1-6H3,(H,19,20). The molecule has 0 aromatic heterocycles. The van der Waals surface area contributed by atoms with Gasteiger partial charge in [-0.05, 0) is 43.4 Å². The van der Waals surface area contributed by atoms with Crippen LogP contribution in [-0.2, 0) is 9.53 Å². The lowest BCUT2D eigenvalue weighted by Gasteiger charge is -2.24. The quantitative estimate of drug-likeness (QED) is 0.542. The highest BCUT2D eigenvalue weighted by Crippen LogP contribution is 2.21.